The van der Waals surface area contributed by atoms with E-state index < -0.39 is 28.1 Å². The number of carbonyl (C=O) groups is 2. The number of nitrogens with zero attached hydrogens (tertiary/aromatic N) is 2. The lowest BCUT2D eigenvalue weighted by molar-refractivity contribution is -0.0115. The van der Waals surface area contributed by atoms with Gasteiger partial charge in [-0.05, 0) is 63.4 Å². The lowest BCUT2D eigenvalue weighted by atomic mass is 10.0. The Bertz CT molecular complexity index is 1450. The summed E-state index contributed by atoms with van der Waals surface area (Å²) in [5.41, 5.74) is 0.963. The minimum atomic E-state index is -3.59. The minimum absolute atomic E-state index is 0.133. The predicted molar refractivity (Wildman–Crippen MR) is 170 cm³/mol. The normalized spacial score (nSPS) is 21.6. The van der Waals surface area contributed by atoms with Crippen LogP contribution in [0.2, 0.25) is 0 Å². The van der Waals surface area contributed by atoms with Gasteiger partial charge in [-0.3, -0.25) is 9.52 Å². The maximum atomic E-state index is 14.1. The second-order valence-electron chi connectivity index (χ2n) is 11.8. The van der Waals surface area contributed by atoms with Crippen molar-refractivity contribution in [2.75, 3.05) is 56.4 Å². The maximum Gasteiger partial charge on any atom is 0.321 e. The SMILES string of the molecule is C[C@@H]1CCCCO[C@@H](CN(C)C(=O)Nc2ccc3c(c2)OCO3)[C@H](C)CN([C@@H](C)CO)C(=O)c2cc(NS(C)(=O)=O)ccc2O1. The fraction of sp³-hybridized carbons (Fsp3) is 0.548. The van der Waals surface area contributed by atoms with E-state index in [0.29, 0.717) is 36.0 Å². The molecule has 248 valence electrons. The van der Waals surface area contributed by atoms with Crippen molar-refractivity contribution in [2.45, 2.75) is 58.3 Å². The summed E-state index contributed by atoms with van der Waals surface area (Å²) < 4.78 is 49.5. The van der Waals surface area contributed by atoms with E-state index in [1.807, 2.05) is 13.8 Å². The van der Waals surface area contributed by atoms with E-state index in [9.17, 15) is 23.1 Å². The van der Waals surface area contributed by atoms with E-state index in [4.69, 9.17) is 18.9 Å². The average Bonchev–Trinajstić information content (AvgIpc) is 3.45. The number of aliphatic hydroxyl groups excluding tert-OH is 1. The van der Waals surface area contributed by atoms with Crippen molar-refractivity contribution in [3.05, 3.63) is 42.0 Å². The van der Waals surface area contributed by atoms with Crippen molar-refractivity contribution < 1.29 is 42.1 Å². The minimum Gasteiger partial charge on any atom is -0.490 e. The summed E-state index contributed by atoms with van der Waals surface area (Å²) in [7, 11) is -1.92. The summed E-state index contributed by atoms with van der Waals surface area (Å²) in [5.74, 6) is 0.826. The van der Waals surface area contributed by atoms with Crippen LogP contribution in [0.4, 0.5) is 16.2 Å². The molecule has 45 heavy (non-hydrogen) atoms. The van der Waals surface area contributed by atoms with Gasteiger partial charge in [-0.2, -0.15) is 0 Å². The van der Waals surface area contributed by atoms with Gasteiger partial charge in [0.1, 0.15) is 5.75 Å². The number of anilines is 2. The molecule has 14 heteroatoms. The predicted octanol–water partition coefficient (Wildman–Crippen LogP) is 3.75. The molecular weight excluding hydrogens is 604 g/mol. The first-order valence-corrected chi connectivity index (χ1v) is 17.0. The van der Waals surface area contributed by atoms with Crippen molar-refractivity contribution in [1.29, 1.82) is 0 Å². The van der Waals surface area contributed by atoms with E-state index in [2.05, 4.69) is 10.0 Å². The third-order valence-corrected chi connectivity index (χ3v) is 8.39. The van der Waals surface area contributed by atoms with Crippen molar-refractivity contribution >= 4 is 33.3 Å². The molecule has 13 nitrogen and oxygen atoms in total. The molecule has 0 aliphatic carbocycles. The van der Waals surface area contributed by atoms with Crippen molar-refractivity contribution in [3.63, 3.8) is 0 Å². The zero-order valence-corrected chi connectivity index (χ0v) is 27.3. The number of ether oxygens (including phenoxy) is 4. The lowest BCUT2D eigenvalue weighted by Gasteiger charge is -2.35. The molecule has 2 heterocycles. The first-order chi connectivity index (χ1) is 21.3. The fourth-order valence-electron chi connectivity index (χ4n) is 5.21. The number of benzene rings is 2. The van der Waals surface area contributed by atoms with Crippen LogP contribution in [0.25, 0.3) is 0 Å². The van der Waals surface area contributed by atoms with E-state index in [1.54, 1.807) is 44.3 Å². The Balaban J connectivity index is 1.57. The largest absolute Gasteiger partial charge is 0.490 e. The molecule has 0 spiro atoms. The van der Waals surface area contributed by atoms with Gasteiger partial charge in [-0.15, -0.1) is 0 Å². The molecule has 0 saturated heterocycles. The molecular formula is C31H44N4O9S. The fourth-order valence-corrected chi connectivity index (χ4v) is 5.76. The van der Waals surface area contributed by atoms with Gasteiger partial charge in [-0.25, -0.2) is 13.2 Å². The number of likely N-dealkylation sites (N-methyl/N-ethyl adjacent to an activating group) is 1. The van der Waals surface area contributed by atoms with Gasteiger partial charge in [0.25, 0.3) is 5.91 Å². The van der Waals surface area contributed by atoms with E-state index in [-0.39, 0.29) is 55.8 Å². The number of urea groups is 1. The van der Waals surface area contributed by atoms with Crippen molar-refractivity contribution in [3.8, 4) is 17.2 Å². The van der Waals surface area contributed by atoms with Crippen LogP contribution in [0.1, 0.15) is 50.4 Å². The van der Waals surface area contributed by atoms with E-state index >= 15 is 0 Å². The highest BCUT2D eigenvalue weighted by atomic mass is 32.2. The zero-order valence-electron chi connectivity index (χ0n) is 26.4. The third-order valence-electron chi connectivity index (χ3n) is 7.78. The molecule has 0 bridgehead atoms. The number of nitrogens with one attached hydrogen (secondary N) is 2. The number of hydrogen-bond acceptors (Lipinski definition) is 9. The summed E-state index contributed by atoms with van der Waals surface area (Å²) in [4.78, 5) is 30.3. The Morgan fingerprint density at radius 3 is 2.53 bits per heavy atom. The third kappa shape index (κ3) is 9.38. The molecule has 2 aromatic rings. The number of sulfonamides is 1. The zero-order chi connectivity index (χ0) is 32.7. The Hall–Kier alpha value is -3.75. The van der Waals surface area contributed by atoms with Gasteiger partial charge in [0.05, 0.1) is 36.7 Å². The standard InChI is InChI=1S/C31H44N4O9S/c1-20-16-35(21(2)18-36)30(37)25-14-24(33-45(5,39)40)10-11-26(25)44-22(3)8-6-7-13-41-29(20)17-34(4)31(38)32-23-9-12-27-28(15-23)43-19-42-27/h9-12,14-15,20-22,29,33,36H,6-8,13,16-19H2,1-5H3,(H,32,38)/t20-,21+,22-,29+/m1/s1. The van der Waals surface area contributed by atoms with Crippen LogP contribution in [-0.4, -0.2) is 99.9 Å². The quantitative estimate of drug-likeness (QED) is 0.407. The van der Waals surface area contributed by atoms with Gasteiger partial charge in [-0.1, -0.05) is 6.92 Å². The highest BCUT2D eigenvalue weighted by Gasteiger charge is 2.31. The Morgan fingerprint density at radius 1 is 1.09 bits per heavy atom. The second-order valence-corrected chi connectivity index (χ2v) is 13.5. The van der Waals surface area contributed by atoms with Crippen LogP contribution >= 0.6 is 0 Å². The van der Waals surface area contributed by atoms with Crippen LogP contribution in [-0.2, 0) is 14.8 Å². The Labute approximate surface area is 264 Å². The topological polar surface area (TPSA) is 156 Å². The smallest absolute Gasteiger partial charge is 0.321 e. The van der Waals surface area contributed by atoms with Gasteiger partial charge in [0.2, 0.25) is 16.8 Å². The highest BCUT2D eigenvalue weighted by Crippen LogP contribution is 2.34. The second kappa shape index (κ2) is 15.0. The highest BCUT2D eigenvalue weighted by molar-refractivity contribution is 7.92. The molecule has 4 atom stereocenters. The van der Waals surface area contributed by atoms with Gasteiger partial charge in [0.15, 0.2) is 11.5 Å². The Kier molecular flexibility index (Phi) is 11.4. The summed E-state index contributed by atoms with van der Waals surface area (Å²) >= 11 is 0. The molecule has 0 aromatic heterocycles. The van der Waals surface area contributed by atoms with Crippen LogP contribution in [0.15, 0.2) is 36.4 Å². The lowest BCUT2D eigenvalue weighted by Crippen LogP contribution is -2.48. The molecule has 2 aliphatic heterocycles. The number of rotatable bonds is 7. The van der Waals surface area contributed by atoms with Crippen LogP contribution in [0.5, 0.6) is 17.2 Å². The van der Waals surface area contributed by atoms with E-state index in [0.717, 1.165) is 19.1 Å². The summed E-state index contributed by atoms with van der Waals surface area (Å²) in [5, 5.41) is 13.0. The van der Waals surface area contributed by atoms with Crippen molar-refractivity contribution in [2.24, 2.45) is 5.92 Å². The van der Waals surface area contributed by atoms with Gasteiger partial charge < -0.3 is 39.2 Å². The molecule has 0 saturated carbocycles. The van der Waals surface area contributed by atoms with Crippen LogP contribution in [0, 0.1) is 5.92 Å². The number of hydrogen-bond donors (Lipinski definition) is 3. The van der Waals surface area contributed by atoms with Gasteiger partial charge in [0, 0.05) is 50.1 Å². The number of amides is 3. The molecule has 3 amide bonds. The van der Waals surface area contributed by atoms with Crippen LogP contribution in [0.3, 0.4) is 0 Å². The average molecular weight is 649 g/mol. The van der Waals surface area contributed by atoms with E-state index in [1.165, 1.54) is 15.9 Å². The number of aliphatic hydroxyl groups is 1. The maximum absolute atomic E-state index is 14.1. The van der Waals surface area contributed by atoms with Crippen molar-refractivity contribution in [1.82, 2.24) is 9.80 Å². The number of carbonyl (C=O) groups excluding carboxylic acids is 2. The first kappa shape index (κ1) is 34.1. The summed E-state index contributed by atoms with van der Waals surface area (Å²) in [6, 6.07) is 8.87. The molecule has 2 aromatic carbocycles. The summed E-state index contributed by atoms with van der Waals surface area (Å²) in [6.07, 6.45) is 2.66. The Morgan fingerprint density at radius 2 is 1.80 bits per heavy atom. The molecule has 3 N–H and O–H groups in total. The molecule has 4 rings (SSSR count). The van der Waals surface area contributed by atoms with Gasteiger partial charge >= 0.3 is 6.03 Å². The molecule has 0 fully saturated rings. The monoisotopic (exact) mass is 648 g/mol. The van der Waals surface area contributed by atoms with Crippen LogP contribution < -0.4 is 24.2 Å². The number of fused-ring (bicyclic) bond motifs is 2. The summed E-state index contributed by atoms with van der Waals surface area (Å²) in [6.45, 7) is 6.31. The first-order valence-electron chi connectivity index (χ1n) is 15.1. The molecule has 0 unspecified atom stereocenters. The molecule has 2 aliphatic rings. The molecule has 0 radical (unpaired) electrons.